The van der Waals surface area contributed by atoms with Crippen LogP contribution < -0.4 is 29.6 Å². The van der Waals surface area contributed by atoms with Gasteiger partial charge in [0.15, 0.2) is 0 Å². The van der Waals surface area contributed by atoms with Crippen molar-refractivity contribution < 1.29 is 57.5 Å². The summed E-state index contributed by atoms with van der Waals surface area (Å²) < 4.78 is 31.4. The van der Waals surface area contributed by atoms with Crippen molar-refractivity contribution in [2.75, 3.05) is 0 Å². The van der Waals surface area contributed by atoms with E-state index in [1.54, 1.807) is 0 Å². The standard InChI is InChI=1S/C7H6O6S.Na/c8-5-3-4(7(9)10)1-2-6(5)14(11,12)13;/h1-3,8H,(H,9,10)(H,11,12,13);/q;+1/p-1. The predicted molar refractivity (Wildman–Crippen MR) is 43.0 cm³/mol. The van der Waals surface area contributed by atoms with Crippen molar-refractivity contribution in [3.63, 3.8) is 0 Å². The second-order valence-electron chi connectivity index (χ2n) is 2.44. The molecule has 0 aliphatic carbocycles. The van der Waals surface area contributed by atoms with E-state index in [2.05, 4.69) is 0 Å². The van der Waals surface area contributed by atoms with Gasteiger partial charge >= 0.3 is 35.5 Å². The first-order chi connectivity index (χ1) is 6.32. The Bertz CT molecular complexity index is 480. The summed E-state index contributed by atoms with van der Waals surface area (Å²) in [5.74, 6) is -2.19. The van der Waals surface area contributed by atoms with Crippen LogP contribution in [-0.2, 0) is 10.1 Å². The first-order valence-corrected chi connectivity index (χ1v) is 4.75. The molecule has 0 spiro atoms. The van der Waals surface area contributed by atoms with Gasteiger partial charge in [0, 0.05) is 0 Å². The smallest absolute Gasteiger partial charge is 0.744 e. The van der Waals surface area contributed by atoms with Gasteiger partial charge in [0.25, 0.3) is 0 Å². The topological polar surface area (TPSA) is 115 Å². The van der Waals surface area contributed by atoms with Gasteiger partial charge in [0.2, 0.25) is 0 Å². The third kappa shape index (κ3) is 3.47. The molecule has 8 heteroatoms. The zero-order chi connectivity index (χ0) is 10.9. The second-order valence-corrected chi connectivity index (χ2v) is 3.79. The van der Waals surface area contributed by atoms with Gasteiger partial charge in [-0.2, -0.15) is 0 Å². The third-order valence-electron chi connectivity index (χ3n) is 1.48. The van der Waals surface area contributed by atoms with Gasteiger partial charge < -0.3 is 14.8 Å². The van der Waals surface area contributed by atoms with E-state index in [-0.39, 0.29) is 35.1 Å². The minimum atomic E-state index is -4.77. The molecule has 15 heavy (non-hydrogen) atoms. The number of aromatic hydroxyl groups is 1. The van der Waals surface area contributed by atoms with Crippen LogP contribution in [0.4, 0.5) is 0 Å². The van der Waals surface area contributed by atoms with E-state index in [1.807, 2.05) is 0 Å². The van der Waals surface area contributed by atoms with Crippen LogP contribution in [0.15, 0.2) is 23.1 Å². The van der Waals surface area contributed by atoms with Crippen LogP contribution in [-0.4, -0.2) is 29.2 Å². The quantitative estimate of drug-likeness (QED) is 0.420. The maximum Gasteiger partial charge on any atom is 1.00 e. The third-order valence-corrected chi connectivity index (χ3v) is 2.36. The minimum absolute atomic E-state index is 0. The van der Waals surface area contributed by atoms with E-state index < -0.39 is 26.7 Å². The molecule has 0 fully saturated rings. The molecule has 0 unspecified atom stereocenters. The molecule has 0 atom stereocenters. The molecule has 0 heterocycles. The van der Waals surface area contributed by atoms with Crippen molar-refractivity contribution >= 4 is 16.1 Å². The summed E-state index contributed by atoms with van der Waals surface area (Å²) in [5.41, 5.74) is -0.296. The van der Waals surface area contributed by atoms with Crippen molar-refractivity contribution in [2.45, 2.75) is 4.90 Å². The number of carboxylic acid groups (broad SMARTS) is 1. The normalized spacial score (nSPS) is 10.5. The van der Waals surface area contributed by atoms with Gasteiger partial charge in [-0.25, -0.2) is 13.2 Å². The number of phenols is 1. The average molecular weight is 240 g/mol. The fourth-order valence-corrected chi connectivity index (χ4v) is 1.41. The summed E-state index contributed by atoms with van der Waals surface area (Å²) in [6, 6.07) is 2.38. The van der Waals surface area contributed by atoms with Crippen molar-refractivity contribution in [3.8, 4) is 5.75 Å². The second kappa shape index (κ2) is 4.95. The monoisotopic (exact) mass is 240 g/mol. The largest absolute Gasteiger partial charge is 1.00 e. The molecule has 0 saturated heterocycles. The van der Waals surface area contributed by atoms with Crippen molar-refractivity contribution in [1.29, 1.82) is 0 Å². The van der Waals surface area contributed by atoms with E-state index in [0.717, 1.165) is 12.1 Å². The molecule has 2 N–H and O–H groups in total. The Balaban J connectivity index is 0.00000196. The van der Waals surface area contributed by atoms with Crippen molar-refractivity contribution in [3.05, 3.63) is 23.8 Å². The van der Waals surface area contributed by atoms with Crippen LogP contribution in [0.1, 0.15) is 10.4 Å². The average Bonchev–Trinajstić information content (AvgIpc) is 2.01. The van der Waals surface area contributed by atoms with Crippen molar-refractivity contribution in [1.82, 2.24) is 0 Å². The Hall–Kier alpha value is -0.600. The maximum atomic E-state index is 10.5. The van der Waals surface area contributed by atoms with E-state index in [1.165, 1.54) is 0 Å². The number of phenolic OH excluding ortho intramolecular Hbond substituents is 1. The van der Waals surface area contributed by atoms with Crippen LogP contribution in [0.25, 0.3) is 0 Å². The van der Waals surface area contributed by atoms with Crippen LogP contribution in [0, 0.1) is 0 Å². The summed E-state index contributed by atoms with van der Waals surface area (Å²) in [4.78, 5) is 9.54. The molecule has 0 radical (unpaired) electrons. The van der Waals surface area contributed by atoms with E-state index in [9.17, 15) is 17.8 Å². The molecule has 0 aliphatic rings. The number of hydrogen-bond donors (Lipinski definition) is 2. The molecular weight excluding hydrogens is 235 g/mol. The van der Waals surface area contributed by atoms with E-state index in [4.69, 9.17) is 10.2 Å². The molecule has 0 saturated carbocycles. The van der Waals surface area contributed by atoms with Gasteiger partial charge in [0.05, 0.1) is 10.5 Å². The molecule has 6 nitrogen and oxygen atoms in total. The molecule has 76 valence electrons. The SMILES string of the molecule is O=C(O)c1ccc(S(=O)(=O)[O-])c(O)c1.[Na+]. The maximum absolute atomic E-state index is 10.5. The van der Waals surface area contributed by atoms with Gasteiger partial charge in [0.1, 0.15) is 15.9 Å². The molecular formula is C7H5NaO6S. The van der Waals surface area contributed by atoms with Gasteiger partial charge in [-0.15, -0.1) is 0 Å². The fourth-order valence-electron chi connectivity index (χ4n) is 0.862. The predicted octanol–water partition coefficient (Wildman–Crippen LogP) is -3.00. The Kier molecular flexibility index (Phi) is 4.75. The van der Waals surface area contributed by atoms with E-state index in [0.29, 0.717) is 6.07 Å². The molecule has 1 rings (SSSR count). The summed E-state index contributed by atoms with van der Waals surface area (Å²) in [7, 11) is -4.77. The minimum Gasteiger partial charge on any atom is -0.744 e. The van der Waals surface area contributed by atoms with E-state index >= 15 is 0 Å². The number of benzene rings is 1. The van der Waals surface area contributed by atoms with Crippen molar-refractivity contribution in [2.24, 2.45) is 0 Å². The molecule has 0 amide bonds. The zero-order valence-corrected chi connectivity index (χ0v) is 10.5. The van der Waals surface area contributed by atoms with Crippen LogP contribution >= 0.6 is 0 Å². The number of rotatable bonds is 2. The van der Waals surface area contributed by atoms with Gasteiger partial charge in [-0.3, -0.25) is 0 Å². The fraction of sp³-hybridized carbons (Fsp3) is 0. The van der Waals surface area contributed by atoms with Gasteiger partial charge in [-0.05, 0) is 18.2 Å². The molecule has 0 bridgehead atoms. The van der Waals surface area contributed by atoms with Gasteiger partial charge in [-0.1, -0.05) is 0 Å². The van der Waals surface area contributed by atoms with Crippen LogP contribution in [0.5, 0.6) is 5.75 Å². The Labute approximate surface area is 108 Å². The summed E-state index contributed by atoms with van der Waals surface area (Å²) in [6.07, 6.45) is 0. The summed E-state index contributed by atoms with van der Waals surface area (Å²) in [5, 5.41) is 17.5. The summed E-state index contributed by atoms with van der Waals surface area (Å²) >= 11 is 0. The number of hydrogen-bond acceptors (Lipinski definition) is 5. The zero-order valence-electron chi connectivity index (χ0n) is 7.67. The van der Waals surface area contributed by atoms with Crippen LogP contribution in [0.2, 0.25) is 0 Å². The summed E-state index contributed by atoms with van der Waals surface area (Å²) in [6.45, 7) is 0. The number of aromatic carboxylic acids is 1. The Morgan fingerprint density at radius 3 is 2.20 bits per heavy atom. The first-order valence-electron chi connectivity index (χ1n) is 3.34. The van der Waals surface area contributed by atoms with Crippen LogP contribution in [0.3, 0.4) is 0 Å². The molecule has 1 aromatic rings. The Morgan fingerprint density at radius 2 is 1.87 bits per heavy atom. The Morgan fingerprint density at radius 1 is 1.33 bits per heavy atom. The number of carboxylic acids is 1. The molecule has 1 aromatic carbocycles. The number of carbonyl (C=O) groups is 1. The first kappa shape index (κ1) is 14.4. The molecule has 0 aromatic heterocycles. The molecule has 0 aliphatic heterocycles.